The fourth-order valence-corrected chi connectivity index (χ4v) is 8.77. The van der Waals surface area contributed by atoms with Crippen LogP contribution in [0, 0.1) is 0 Å². The van der Waals surface area contributed by atoms with Crippen LogP contribution >= 0.6 is 10.0 Å². The summed E-state index contributed by atoms with van der Waals surface area (Å²) >= 11 is 0. The molecule has 0 atom stereocenters. The van der Waals surface area contributed by atoms with E-state index in [1.165, 1.54) is 49.0 Å². The van der Waals surface area contributed by atoms with Crippen molar-refractivity contribution in [1.29, 1.82) is 0 Å². The van der Waals surface area contributed by atoms with Crippen molar-refractivity contribution in [2.24, 2.45) is 0 Å². The summed E-state index contributed by atoms with van der Waals surface area (Å²) in [5, 5.41) is 3.65. The SMILES string of the molecule is CS1(C)c2ccccc2-c2c(-c3cccc(-c4ccccc4)c3)nc(-c3cccc(-c4cccc5ccccc45)c3)nc21. The standard InChI is InChI=1S/C40H30N2S/c1-43(2)36-24-9-8-22-35(36)37-38(31-19-10-17-29(25-31)27-13-4-3-5-14-27)41-39(42-40(37)43)32-20-11-18-30(26-32)34-23-12-16-28-15-6-7-21-33(28)34/h3-26H,1-2H3. The minimum absolute atomic E-state index is 0.773. The zero-order valence-electron chi connectivity index (χ0n) is 24.2. The molecule has 1 aliphatic rings. The second kappa shape index (κ2) is 10.1. The van der Waals surface area contributed by atoms with Gasteiger partial charge in [-0.1, -0.05) is 127 Å². The molecule has 0 aliphatic carbocycles. The Bertz CT molecular complexity index is 2160. The maximum absolute atomic E-state index is 5.38. The van der Waals surface area contributed by atoms with E-state index in [0.29, 0.717) is 0 Å². The van der Waals surface area contributed by atoms with Crippen molar-refractivity contribution in [1.82, 2.24) is 9.97 Å². The zero-order chi connectivity index (χ0) is 29.0. The predicted molar refractivity (Wildman–Crippen MR) is 183 cm³/mol. The normalized spacial score (nSPS) is 13.8. The Kier molecular flexibility index (Phi) is 6.02. The number of benzene rings is 6. The fourth-order valence-electron chi connectivity index (χ4n) is 6.39. The van der Waals surface area contributed by atoms with Crippen LogP contribution in [-0.2, 0) is 0 Å². The first-order chi connectivity index (χ1) is 21.1. The molecule has 3 heteroatoms. The Balaban J connectivity index is 1.35. The molecule has 7 aromatic rings. The first-order valence-electron chi connectivity index (χ1n) is 14.6. The summed E-state index contributed by atoms with van der Waals surface area (Å²) in [7, 11) is -1.33. The van der Waals surface area contributed by atoms with E-state index in [1.54, 1.807) is 0 Å². The Hall–Kier alpha value is -4.99. The third kappa shape index (κ3) is 4.28. The number of nitrogens with zero attached hydrogens (tertiary/aromatic N) is 2. The van der Waals surface area contributed by atoms with Crippen molar-refractivity contribution in [3.05, 3.63) is 146 Å². The second-order valence-electron chi connectivity index (χ2n) is 11.5. The van der Waals surface area contributed by atoms with Crippen molar-refractivity contribution in [3.63, 3.8) is 0 Å². The molecule has 0 saturated carbocycles. The number of aromatic nitrogens is 2. The monoisotopic (exact) mass is 570 g/mol. The lowest BCUT2D eigenvalue weighted by atomic mass is 9.96. The lowest BCUT2D eigenvalue weighted by molar-refractivity contribution is 1.07. The molecule has 206 valence electrons. The first kappa shape index (κ1) is 25.7. The van der Waals surface area contributed by atoms with Crippen LogP contribution in [0.2, 0.25) is 0 Å². The molecule has 2 nitrogen and oxygen atoms in total. The van der Waals surface area contributed by atoms with Crippen molar-refractivity contribution in [2.75, 3.05) is 12.5 Å². The molecular weight excluding hydrogens is 541 g/mol. The van der Waals surface area contributed by atoms with Gasteiger partial charge in [-0.05, 0) is 69.3 Å². The first-order valence-corrected chi connectivity index (χ1v) is 17.0. The van der Waals surface area contributed by atoms with E-state index in [-0.39, 0.29) is 0 Å². The van der Waals surface area contributed by atoms with Gasteiger partial charge in [-0.15, -0.1) is 0 Å². The molecule has 0 fully saturated rings. The van der Waals surface area contributed by atoms with Crippen molar-refractivity contribution in [2.45, 2.75) is 9.92 Å². The zero-order valence-corrected chi connectivity index (χ0v) is 25.0. The van der Waals surface area contributed by atoms with E-state index in [2.05, 4.69) is 158 Å². The lowest BCUT2D eigenvalue weighted by Gasteiger charge is -2.27. The van der Waals surface area contributed by atoms with Crippen LogP contribution in [0.1, 0.15) is 0 Å². The Morgan fingerprint density at radius 1 is 0.465 bits per heavy atom. The molecule has 0 saturated heterocycles. The van der Waals surface area contributed by atoms with Crippen LogP contribution in [0.5, 0.6) is 0 Å². The Morgan fingerprint density at radius 2 is 1.07 bits per heavy atom. The molecule has 0 N–H and O–H groups in total. The molecule has 8 rings (SSSR count). The predicted octanol–water partition coefficient (Wildman–Crippen LogP) is 10.8. The molecular formula is C40H30N2S. The number of fused-ring (bicyclic) bond motifs is 4. The summed E-state index contributed by atoms with van der Waals surface area (Å²) in [5.41, 5.74) is 10.3. The summed E-state index contributed by atoms with van der Waals surface area (Å²) in [4.78, 5) is 12.1. The third-order valence-electron chi connectivity index (χ3n) is 8.53. The minimum Gasteiger partial charge on any atom is -0.227 e. The van der Waals surface area contributed by atoms with Gasteiger partial charge in [0.1, 0.15) is 0 Å². The van der Waals surface area contributed by atoms with Gasteiger partial charge in [0.05, 0.1) is 10.7 Å². The molecule has 0 spiro atoms. The van der Waals surface area contributed by atoms with Gasteiger partial charge >= 0.3 is 0 Å². The van der Waals surface area contributed by atoms with E-state index >= 15 is 0 Å². The van der Waals surface area contributed by atoms with Gasteiger partial charge in [0.25, 0.3) is 0 Å². The van der Waals surface area contributed by atoms with E-state index < -0.39 is 10.0 Å². The average Bonchev–Trinajstić information content (AvgIpc) is 3.31. The molecule has 0 amide bonds. The fraction of sp³-hybridized carbons (Fsp3) is 0.0500. The number of hydrogen-bond acceptors (Lipinski definition) is 2. The average molecular weight is 571 g/mol. The summed E-state index contributed by atoms with van der Waals surface area (Å²) < 4.78 is 0. The highest BCUT2D eigenvalue weighted by Gasteiger charge is 2.36. The molecule has 0 bridgehead atoms. The van der Waals surface area contributed by atoms with Gasteiger partial charge in [0.15, 0.2) is 5.82 Å². The topological polar surface area (TPSA) is 25.8 Å². The van der Waals surface area contributed by atoms with Gasteiger partial charge in [0.2, 0.25) is 0 Å². The van der Waals surface area contributed by atoms with Crippen molar-refractivity contribution < 1.29 is 0 Å². The van der Waals surface area contributed by atoms with Gasteiger partial charge in [-0.25, -0.2) is 9.97 Å². The summed E-state index contributed by atoms with van der Waals surface area (Å²) in [6.07, 6.45) is 4.73. The number of rotatable bonds is 4. The summed E-state index contributed by atoms with van der Waals surface area (Å²) in [6.45, 7) is 0. The molecule has 6 aromatic carbocycles. The van der Waals surface area contributed by atoms with Crippen LogP contribution < -0.4 is 0 Å². The van der Waals surface area contributed by atoms with Gasteiger partial charge < -0.3 is 0 Å². The smallest absolute Gasteiger partial charge is 0.161 e. The molecule has 0 radical (unpaired) electrons. The highest BCUT2D eigenvalue weighted by atomic mass is 32.3. The molecule has 1 aromatic heterocycles. The molecule has 2 heterocycles. The number of hydrogen-bond donors (Lipinski definition) is 0. The van der Waals surface area contributed by atoms with Gasteiger partial charge in [-0.3, -0.25) is 0 Å². The lowest BCUT2D eigenvalue weighted by Crippen LogP contribution is -2.01. The highest BCUT2D eigenvalue weighted by Crippen LogP contribution is 2.67. The molecule has 0 unspecified atom stereocenters. The second-order valence-corrected chi connectivity index (χ2v) is 14.9. The maximum atomic E-state index is 5.38. The largest absolute Gasteiger partial charge is 0.227 e. The van der Waals surface area contributed by atoms with Crippen LogP contribution in [0.3, 0.4) is 0 Å². The van der Waals surface area contributed by atoms with Gasteiger partial charge in [0, 0.05) is 21.6 Å². The highest BCUT2D eigenvalue weighted by molar-refractivity contribution is 8.33. The van der Waals surface area contributed by atoms with Crippen LogP contribution in [0.25, 0.3) is 66.8 Å². The maximum Gasteiger partial charge on any atom is 0.161 e. The molecule has 43 heavy (non-hydrogen) atoms. The van der Waals surface area contributed by atoms with Crippen LogP contribution in [0.15, 0.2) is 156 Å². The van der Waals surface area contributed by atoms with Crippen LogP contribution in [-0.4, -0.2) is 22.5 Å². The third-order valence-corrected chi connectivity index (χ3v) is 11.2. The quantitative estimate of drug-likeness (QED) is 0.197. The van der Waals surface area contributed by atoms with E-state index in [1.807, 2.05) is 0 Å². The minimum atomic E-state index is -1.33. The summed E-state index contributed by atoms with van der Waals surface area (Å²) in [6, 6.07) is 52.0. The summed E-state index contributed by atoms with van der Waals surface area (Å²) in [5.74, 6) is 0.773. The van der Waals surface area contributed by atoms with E-state index in [0.717, 1.165) is 27.7 Å². The van der Waals surface area contributed by atoms with Gasteiger partial charge in [-0.2, -0.15) is 10.0 Å². The van der Waals surface area contributed by atoms with Crippen molar-refractivity contribution in [3.8, 4) is 56.0 Å². The van der Waals surface area contributed by atoms with Crippen LogP contribution in [0.4, 0.5) is 0 Å². The van der Waals surface area contributed by atoms with E-state index in [9.17, 15) is 0 Å². The van der Waals surface area contributed by atoms with E-state index in [4.69, 9.17) is 9.97 Å². The Morgan fingerprint density at radius 3 is 1.95 bits per heavy atom. The molecule has 1 aliphatic heterocycles. The van der Waals surface area contributed by atoms with Crippen molar-refractivity contribution >= 4 is 20.8 Å². The Labute approximate surface area is 254 Å².